The molecule has 1 N–H and O–H groups in total. The summed E-state index contributed by atoms with van der Waals surface area (Å²) in [4.78, 5) is 29.3. The Labute approximate surface area is 129 Å². The Hall–Kier alpha value is -2.43. The minimum Gasteiger partial charge on any atom is -0.291 e. The zero-order chi connectivity index (χ0) is 15.7. The number of fused-ring (bicyclic) bond motifs is 1. The van der Waals surface area contributed by atoms with Gasteiger partial charge >= 0.3 is 6.03 Å². The number of nitrogens with zero attached hydrogens (tertiary/aromatic N) is 2. The predicted molar refractivity (Wildman–Crippen MR) is 85.8 cm³/mol. The van der Waals surface area contributed by atoms with E-state index in [1.54, 1.807) is 11.1 Å². The molecule has 1 fully saturated rings. The number of imide groups is 1. The minimum absolute atomic E-state index is 0.227. The van der Waals surface area contributed by atoms with E-state index in [0.717, 1.165) is 22.9 Å². The first kappa shape index (κ1) is 14.5. The van der Waals surface area contributed by atoms with Crippen LogP contribution in [0.4, 0.5) is 10.5 Å². The van der Waals surface area contributed by atoms with Gasteiger partial charge in [0.05, 0.1) is 11.9 Å². The second kappa shape index (κ2) is 5.75. The number of carbonyl (C=O) groups is 2. The van der Waals surface area contributed by atoms with E-state index in [-0.39, 0.29) is 11.9 Å². The normalized spacial score (nSPS) is 15.5. The van der Waals surface area contributed by atoms with Gasteiger partial charge in [0, 0.05) is 29.9 Å². The second-order valence-electron chi connectivity index (χ2n) is 6.02. The number of aromatic nitrogens is 1. The molecule has 5 nitrogen and oxygen atoms in total. The minimum atomic E-state index is -0.375. The third-order valence-electron chi connectivity index (χ3n) is 3.85. The molecular weight excluding hydrogens is 278 g/mol. The molecule has 1 saturated heterocycles. The van der Waals surface area contributed by atoms with Gasteiger partial charge < -0.3 is 0 Å². The molecule has 3 amide bonds. The van der Waals surface area contributed by atoms with Crippen LogP contribution in [0.3, 0.4) is 0 Å². The Kier molecular flexibility index (Phi) is 3.79. The van der Waals surface area contributed by atoms with E-state index in [9.17, 15) is 9.59 Å². The van der Waals surface area contributed by atoms with Gasteiger partial charge in [0.15, 0.2) is 0 Å². The van der Waals surface area contributed by atoms with E-state index in [0.29, 0.717) is 18.9 Å². The molecule has 1 aliphatic rings. The molecule has 22 heavy (non-hydrogen) atoms. The van der Waals surface area contributed by atoms with E-state index < -0.39 is 0 Å². The van der Waals surface area contributed by atoms with Crippen molar-refractivity contribution < 1.29 is 9.59 Å². The van der Waals surface area contributed by atoms with E-state index in [4.69, 9.17) is 0 Å². The number of nitrogens with one attached hydrogen (secondary N) is 1. The summed E-state index contributed by atoms with van der Waals surface area (Å²) in [6.07, 6.45) is 4.82. The van der Waals surface area contributed by atoms with Crippen molar-refractivity contribution in [2.75, 3.05) is 11.4 Å². The van der Waals surface area contributed by atoms with E-state index in [1.165, 1.54) is 5.56 Å². The number of anilines is 1. The van der Waals surface area contributed by atoms with Crippen molar-refractivity contribution in [3.05, 3.63) is 36.2 Å². The summed E-state index contributed by atoms with van der Waals surface area (Å²) < 4.78 is 0. The fourth-order valence-corrected chi connectivity index (χ4v) is 2.87. The van der Waals surface area contributed by atoms with Crippen LogP contribution in [0.1, 0.15) is 25.8 Å². The third-order valence-corrected chi connectivity index (χ3v) is 3.85. The third kappa shape index (κ3) is 2.66. The molecule has 1 aliphatic heterocycles. The van der Waals surface area contributed by atoms with Crippen LogP contribution in [0.25, 0.3) is 10.8 Å². The fourth-order valence-electron chi connectivity index (χ4n) is 2.87. The van der Waals surface area contributed by atoms with Crippen LogP contribution in [0.5, 0.6) is 0 Å². The van der Waals surface area contributed by atoms with E-state index in [2.05, 4.69) is 30.2 Å². The topological polar surface area (TPSA) is 62.3 Å². The number of hydrogen-bond donors (Lipinski definition) is 1. The molecule has 114 valence electrons. The molecule has 2 heterocycles. The molecule has 3 rings (SSSR count). The number of urea groups is 1. The molecule has 0 bridgehead atoms. The zero-order valence-corrected chi connectivity index (χ0v) is 12.8. The fraction of sp³-hybridized carbons (Fsp3) is 0.353. The molecule has 0 spiro atoms. The summed E-state index contributed by atoms with van der Waals surface area (Å²) >= 11 is 0. The average molecular weight is 297 g/mol. The number of benzene rings is 1. The van der Waals surface area contributed by atoms with Gasteiger partial charge in [0.1, 0.15) is 0 Å². The monoisotopic (exact) mass is 297 g/mol. The molecule has 0 aliphatic carbocycles. The van der Waals surface area contributed by atoms with Gasteiger partial charge in [-0.15, -0.1) is 0 Å². The van der Waals surface area contributed by atoms with Gasteiger partial charge in [0.2, 0.25) is 5.91 Å². The summed E-state index contributed by atoms with van der Waals surface area (Å²) in [5.41, 5.74) is 1.99. The molecule has 0 radical (unpaired) electrons. The largest absolute Gasteiger partial charge is 0.328 e. The van der Waals surface area contributed by atoms with Crippen molar-refractivity contribution in [2.24, 2.45) is 5.92 Å². The smallest absolute Gasteiger partial charge is 0.291 e. The maximum Gasteiger partial charge on any atom is 0.328 e. The Morgan fingerprint density at radius 2 is 2.05 bits per heavy atom. The van der Waals surface area contributed by atoms with Gasteiger partial charge in [-0.1, -0.05) is 32.0 Å². The Morgan fingerprint density at radius 1 is 1.23 bits per heavy atom. The summed E-state index contributed by atoms with van der Waals surface area (Å²) in [6.45, 7) is 4.75. The van der Waals surface area contributed by atoms with Gasteiger partial charge in [-0.3, -0.25) is 20.0 Å². The predicted octanol–water partition coefficient (Wildman–Crippen LogP) is 2.88. The molecule has 0 unspecified atom stereocenters. The highest BCUT2D eigenvalue weighted by Gasteiger charge is 2.25. The van der Waals surface area contributed by atoms with Crippen molar-refractivity contribution in [3.63, 3.8) is 0 Å². The molecular formula is C17H19N3O2. The number of pyridine rings is 1. The van der Waals surface area contributed by atoms with Crippen molar-refractivity contribution in [1.29, 1.82) is 0 Å². The van der Waals surface area contributed by atoms with Crippen molar-refractivity contribution in [2.45, 2.75) is 26.7 Å². The molecule has 0 saturated carbocycles. The van der Waals surface area contributed by atoms with Gasteiger partial charge in [-0.2, -0.15) is 0 Å². The maximum atomic E-state index is 12.1. The van der Waals surface area contributed by atoms with Crippen LogP contribution in [0.15, 0.2) is 30.6 Å². The Balaban J connectivity index is 2.07. The first-order chi connectivity index (χ1) is 10.6. The lowest BCUT2D eigenvalue weighted by Gasteiger charge is -2.27. The number of amides is 3. The SMILES string of the molecule is CC(C)Cc1cccc2c(N3CCC(=O)NC3=O)cncc12. The highest BCUT2D eigenvalue weighted by Crippen LogP contribution is 2.30. The quantitative estimate of drug-likeness (QED) is 0.947. The van der Waals surface area contributed by atoms with Gasteiger partial charge in [0.25, 0.3) is 0 Å². The summed E-state index contributed by atoms with van der Waals surface area (Å²) in [7, 11) is 0. The average Bonchev–Trinajstić information content (AvgIpc) is 2.47. The molecule has 1 aromatic heterocycles. The lowest BCUT2D eigenvalue weighted by molar-refractivity contribution is -0.120. The summed E-state index contributed by atoms with van der Waals surface area (Å²) in [5, 5.41) is 4.43. The molecule has 2 aromatic rings. The summed E-state index contributed by atoms with van der Waals surface area (Å²) in [6, 6.07) is 5.74. The van der Waals surface area contributed by atoms with Crippen LogP contribution >= 0.6 is 0 Å². The number of rotatable bonds is 3. The van der Waals surface area contributed by atoms with Crippen molar-refractivity contribution in [3.8, 4) is 0 Å². The number of hydrogen-bond acceptors (Lipinski definition) is 3. The maximum absolute atomic E-state index is 12.1. The van der Waals surface area contributed by atoms with E-state index in [1.807, 2.05) is 18.3 Å². The molecule has 0 atom stereocenters. The standard InChI is InChI=1S/C17H19N3O2/c1-11(2)8-12-4-3-5-13-14(12)9-18-10-15(13)20-7-6-16(21)19-17(20)22/h3-5,9-11H,6-8H2,1-2H3,(H,19,21,22). The number of carbonyl (C=O) groups excluding carboxylic acids is 2. The Morgan fingerprint density at radius 3 is 2.77 bits per heavy atom. The lowest BCUT2D eigenvalue weighted by atomic mass is 9.97. The van der Waals surface area contributed by atoms with Crippen LogP contribution in [-0.4, -0.2) is 23.5 Å². The summed E-state index contributed by atoms with van der Waals surface area (Å²) in [5.74, 6) is 0.320. The van der Waals surface area contributed by atoms with Crippen LogP contribution in [0.2, 0.25) is 0 Å². The first-order valence-corrected chi connectivity index (χ1v) is 7.53. The highest BCUT2D eigenvalue weighted by molar-refractivity contribution is 6.09. The van der Waals surface area contributed by atoms with Gasteiger partial charge in [-0.25, -0.2) is 4.79 Å². The highest BCUT2D eigenvalue weighted by atomic mass is 16.2. The molecule has 1 aromatic carbocycles. The first-order valence-electron chi connectivity index (χ1n) is 7.53. The lowest BCUT2D eigenvalue weighted by Crippen LogP contribution is -2.49. The van der Waals surface area contributed by atoms with Crippen LogP contribution < -0.4 is 10.2 Å². The van der Waals surface area contributed by atoms with Crippen LogP contribution in [-0.2, 0) is 11.2 Å². The van der Waals surface area contributed by atoms with Crippen molar-refractivity contribution >= 4 is 28.4 Å². The van der Waals surface area contributed by atoms with E-state index >= 15 is 0 Å². The Bertz CT molecular complexity index is 740. The second-order valence-corrected chi connectivity index (χ2v) is 6.02. The van der Waals surface area contributed by atoms with Gasteiger partial charge in [-0.05, 0) is 17.9 Å². The van der Waals surface area contributed by atoms with Crippen molar-refractivity contribution in [1.82, 2.24) is 10.3 Å². The van der Waals surface area contributed by atoms with Crippen LogP contribution in [0, 0.1) is 5.92 Å². The molecule has 5 heteroatoms. The zero-order valence-electron chi connectivity index (χ0n) is 12.8.